The molecule has 6 nitrogen and oxygen atoms in total. The SMILES string of the molecule is NCCN(O)N=C(N)N. The van der Waals surface area contributed by atoms with Crippen LogP contribution in [0.5, 0.6) is 0 Å². The highest BCUT2D eigenvalue weighted by atomic mass is 16.5. The lowest BCUT2D eigenvalue weighted by Crippen LogP contribution is -2.30. The van der Waals surface area contributed by atoms with Crippen LogP contribution in [0, 0.1) is 0 Å². The van der Waals surface area contributed by atoms with E-state index in [1.807, 2.05) is 0 Å². The molecule has 0 rings (SSSR count). The quantitative estimate of drug-likeness (QED) is 0.198. The number of rotatable bonds is 3. The van der Waals surface area contributed by atoms with Crippen LogP contribution >= 0.6 is 0 Å². The first-order valence-electron chi connectivity index (χ1n) is 2.43. The van der Waals surface area contributed by atoms with Crippen LogP contribution < -0.4 is 17.2 Å². The summed E-state index contributed by atoms with van der Waals surface area (Å²) in [6.45, 7) is 0.519. The summed E-state index contributed by atoms with van der Waals surface area (Å²) >= 11 is 0. The molecular weight excluding hydrogens is 122 g/mol. The highest BCUT2D eigenvalue weighted by molar-refractivity contribution is 5.75. The van der Waals surface area contributed by atoms with Crippen LogP contribution in [0.3, 0.4) is 0 Å². The Kier molecular flexibility index (Phi) is 3.49. The second-order valence-electron chi connectivity index (χ2n) is 1.41. The van der Waals surface area contributed by atoms with Crippen molar-refractivity contribution in [3.05, 3.63) is 0 Å². The van der Waals surface area contributed by atoms with Crippen LogP contribution in [0.15, 0.2) is 5.10 Å². The molecular formula is C3H11N5O. The van der Waals surface area contributed by atoms with E-state index >= 15 is 0 Å². The fourth-order valence-corrected chi connectivity index (χ4v) is 0.299. The van der Waals surface area contributed by atoms with Gasteiger partial charge in [0.1, 0.15) is 0 Å². The summed E-state index contributed by atoms with van der Waals surface area (Å²) < 4.78 is 0. The molecule has 0 unspecified atom stereocenters. The van der Waals surface area contributed by atoms with E-state index in [-0.39, 0.29) is 12.5 Å². The summed E-state index contributed by atoms with van der Waals surface area (Å²) in [6.07, 6.45) is 0. The first kappa shape index (κ1) is 7.99. The highest BCUT2D eigenvalue weighted by Gasteiger charge is 1.90. The van der Waals surface area contributed by atoms with E-state index in [2.05, 4.69) is 5.10 Å². The molecule has 0 aromatic carbocycles. The van der Waals surface area contributed by atoms with Crippen molar-refractivity contribution in [3.8, 4) is 0 Å². The fraction of sp³-hybridized carbons (Fsp3) is 0.667. The number of guanidine groups is 1. The van der Waals surface area contributed by atoms with E-state index in [4.69, 9.17) is 22.4 Å². The fourth-order valence-electron chi connectivity index (χ4n) is 0.299. The Bertz CT molecular complexity index is 98.4. The lowest BCUT2D eigenvalue weighted by molar-refractivity contribution is -0.0867. The molecule has 0 heterocycles. The smallest absolute Gasteiger partial charge is 0.211 e. The first-order valence-corrected chi connectivity index (χ1v) is 2.43. The van der Waals surface area contributed by atoms with Gasteiger partial charge in [-0.15, -0.1) is 5.10 Å². The Labute approximate surface area is 52.9 Å². The third kappa shape index (κ3) is 4.85. The van der Waals surface area contributed by atoms with Crippen molar-refractivity contribution in [2.75, 3.05) is 13.1 Å². The maximum atomic E-state index is 8.63. The van der Waals surface area contributed by atoms with Crippen LogP contribution in [0.25, 0.3) is 0 Å². The molecule has 54 valence electrons. The minimum absolute atomic E-state index is 0.189. The molecule has 0 aliphatic rings. The van der Waals surface area contributed by atoms with Gasteiger partial charge in [0.05, 0.1) is 6.54 Å². The second kappa shape index (κ2) is 3.93. The largest absolute Gasteiger partial charge is 0.369 e. The van der Waals surface area contributed by atoms with Gasteiger partial charge in [-0.25, -0.2) is 0 Å². The molecule has 9 heavy (non-hydrogen) atoms. The summed E-state index contributed by atoms with van der Waals surface area (Å²) in [5.41, 5.74) is 14.9. The summed E-state index contributed by atoms with van der Waals surface area (Å²) in [7, 11) is 0. The maximum absolute atomic E-state index is 8.63. The van der Waals surface area contributed by atoms with Crippen molar-refractivity contribution in [2.45, 2.75) is 0 Å². The van der Waals surface area contributed by atoms with Crippen LogP contribution in [-0.4, -0.2) is 29.4 Å². The van der Waals surface area contributed by atoms with Crippen molar-refractivity contribution < 1.29 is 5.21 Å². The third-order valence-corrected chi connectivity index (χ3v) is 0.560. The van der Waals surface area contributed by atoms with Crippen LogP contribution in [0.4, 0.5) is 0 Å². The number of hydroxylamine groups is 1. The molecule has 0 bridgehead atoms. The molecule has 0 saturated heterocycles. The summed E-state index contributed by atoms with van der Waals surface area (Å²) in [5.74, 6) is -0.189. The van der Waals surface area contributed by atoms with Gasteiger partial charge in [0.2, 0.25) is 5.96 Å². The van der Waals surface area contributed by atoms with Gasteiger partial charge in [-0.1, -0.05) is 0 Å². The van der Waals surface area contributed by atoms with Gasteiger partial charge in [-0.05, 0) is 0 Å². The van der Waals surface area contributed by atoms with Gasteiger partial charge in [-0.3, -0.25) is 5.21 Å². The van der Waals surface area contributed by atoms with E-state index in [0.717, 1.165) is 0 Å². The summed E-state index contributed by atoms with van der Waals surface area (Å²) in [6, 6.07) is 0. The van der Waals surface area contributed by atoms with Crippen LogP contribution in [0.1, 0.15) is 0 Å². The van der Waals surface area contributed by atoms with Gasteiger partial charge >= 0.3 is 0 Å². The van der Waals surface area contributed by atoms with Gasteiger partial charge < -0.3 is 17.2 Å². The van der Waals surface area contributed by atoms with E-state index in [9.17, 15) is 0 Å². The molecule has 0 amide bonds. The molecule has 0 aliphatic carbocycles. The molecule has 7 N–H and O–H groups in total. The molecule has 0 aliphatic heterocycles. The van der Waals surface area contributed by atoms with Gasteiger partial charge in [0, 0.05) is 6.54 Å². The Balaban J connectivity index is 3.49. The minimum atomic E-state index is -0.189. The lowest BCUT2D eigenvalue weighted by atomic mass is 10.7. The van der Waals surface area contributed by atoms with E-state index in [0.29, 0.717) is 11.7 Å². The molecule has 0 radical (unpaired) electrons. The number of hydrazone groups is 1. The minimum Gasteiger partial charge on any atom is -0.369 e. The number of hydrogen-bond donors (Lipinski definition) is 4. The first-order chi connectivity index (χ1) is 4.16. The summed E-state index contributed by atoms with van der Waals surface area (Å²) in [5, 5.41) is 12.5. The average molecular weight is 133 g/mol. The molecule has 0 aromatic rings. The monoisotopic (exact) mass is 133 g/mol. The Morgan fingerprint density at radius 1 is 1.56 bits per heavy atom. The van der Waals surface area contributed by atoms with Gasteiger partial charge in [0.15, 0.2) is 0 Å². The molecule has 0 saturated carbocycles. The molecule has 0 atom stereocenters. The van der Waals surface area contributed by atoms with Crippen molar-refractivity contribution in [3.63, 3.8) is 0 Å². The van der Waals surface area contributed by atoms with Gasteiger partial charge in [0.25, 0.3) is 0 Å². The van der Waals surface area contributed by atoms with Gasteiger partial charge in [-0.2, -0.15) is 5.17 Å². The Morgan fingerprint density at radius 2 is 2.11 bits per heavy atom. The third-order valence-electron chi connectivity index (χ3n) is 0.560. The number of hydrogen-bond acceptors (Lipinski definition) is 4. The zero-order valence-electron chi connectivity index (χ0n) is 4.99. The van der Waals surface area contributed by atoms with Crippen molar-refractivity contribution in [1.82, 2.24) is 5.17 Å². The van der Waals surface area contributed by atoms with E-state index in [1.165, 1.54) is 0 Å². The highest BCUT2D eigenvalue weighted by Crippen LogP contribution is 1.76. The normalized spacial score (nSPS) is 8.67. The number of nitrogens with two attached hydrogens (primary N) is 3. The number of nitrogens with zero attached hydrogens (tertiary/aromatic N) is 2. The Morgan fingerprint density at radius 3 is 2.44 bits per heavy atom. The predicted octanol–water partition coefficient (Wildman–Crippen LogP) is -2.18. The van der Waals surface area contributed by atoms with Crippen molar-refractivity contribution in [2.24, 2.45) is 22.3 Å². The topological polar surface area (TPSA) is 114 Å². The molecule has 0 spiro atoms. The standard InChI is InChI=1S/C3H11N5O/c4-1-2-8(9)7-3(5)6/h9H,1-2,4H2,(H4,5,6,7). The molecule has 6 heteroatoms. The summed E-state index contributed by atoms with van der Waals surface area (Å²) in [4.78, 5) is 0. The second-order valence-corrected chi connectivity index (χ2v) is 1.41. The Hall–Kier alpha value is -1.01. The van der Waals surface area contributed by atoms with E-state index in [1.54, 1.807) is 0 Å². The zero-order chi connectivity index (χ0) is 7.28. The van der Waals surface area contributed by atoms with E-state index < -0.39 is 0 Å². The molecule has 0 fully saturated rings. The van der Waals surface area contributed by atoms with Crippen molar-refractivity contribution >= 4 is 5.96 Å². The maximum Gasteiger partial charge on any atom is 0.211 e. The predicted molar refractivity (Wildman–Crippen MR) is 33.4 cm³/mol. The van der Waals surface area contributed by atoms with Crippen LogP contribution in [0.2, 0.25) is 0 Å². The van der Waals surface area contributed by atoms with Crippen molar-refractivity contribution in [1.29, 1.82) is 0 Å². The average Bonchev–Trinajstić information content (AvgIpc) is 1.63. The molecule has 0 aromatic heterocycles. The lowest BCUT2D eigenvalue weighted by Gasteiger charge is -2.07. The zero-order valence-corrected chi connectivity index (χ0v) is 4.99. The van der Waals surface area contributed by atoms with Crippen LogP contribution in [-0.2, 0) is 0 Å².